The van der Waals surface area contributed by atoms with Crippen molar-refractivity contribution in [2.24, 2.45) is 10.2 Å². The molecule has 27 heavy (non-hydrogen) atoms. The predicted molar refractivity (Wildman–Crippen MR) is 88.1 cm³/mol. The summed E-state index contributed by atoms with van der Waals surface area (Å²) in [6.07, 6.45) is 2.59. The van der Waals surface area contributed by atoms with Gasteiger partial charge >= 0.3 is 5.70 Å². The molecule has 136 valence electrons. The zero-order valence-electron chi connectivity index (χ0n) is 13.2. The van der Waals surface area contributed by atoms with Gasteiger partial charge in [0.15, 0.2) is 0 Å². The summed E-state index contributed by atoms with van der Waals surface area (Å²) in [6.45, 7) is 0. The van der Waals surface area contributed by atoms with E-state index in [4.69, 9.17) is 0 Å². The summed E-state index contributed by atoms with van der Waals surface area (Å²) in [7, 11) is 0. The Kier molecular flexibility index (Phi) is 4.21. The van der Waals surface area contributed by atoms with Gasteiger partial charge in [0, 0.05) is 17.8 Å². The number of hydrogen-bond acceptors (Lipinski definition) is 9. The molecule has 1 aliphatic heterocycles. The van der Waals surface area contributed by atoms with Crippen LogP contribution in [0.3, 0.4) is 0 Å². The number of pyridine rings is 1. The maximum Gasteiger partial charge on any atom is 0.325 e. The Hall–Kier alpha value is -4.35. The van der Waals surface area contributed by atoms with Gasteiger partial charge in [0.2, 0.25) is 0 Å². The van der Waals surface area contributed by atoms with Crippen LogP contribution in [-0.2, 0) is 4.79 Å². The van der Waals surface area contributed by atoms with Crippen molar-refractivity contribution in [1.29, 1.82) is 0 Å². The summed E-state index contributed by atoms with van der Waals surface area (Å²) in [5.41, 5.74) is -2.00. The van der Waals surface area contributed by atoms with Crippen molar-refractivity contribution < 1.29 is 25.0 Å². The minimum atomic E-state index is -1.13. The predicted octanol–water partition coefficient (Wildman–Crippen LogP) is 0.696. The number of ketones is 1. The Balaban J connectivity index is 2.16. The van der Waals surface area contributed by atoms with E-state index in [0.717, 1.165) is 6.08 Å². The molecule has 0 saturated carbocycles. The van der Waals surface area contributed by atoms with Gasteiger partial charge in [0.05, 0.1) is 21.3 Å². The lowest BCUT2D eigenvalue weighted by atomic mass is 10.1. The van der Waals surface area contributed by atoms with Gasteiger partial charge in [-0.2, -0.15) is 4.73 Å². The van der Waals surface area contributed by atoms with Gasteiger partial charge in [-0.3, -0.25) is 25.0 Å². The molecule has 2 aliphatic carbocycles. The molecule has 0 spiro atoms. The van der Waals surface area contributed by atoms with Crippen LogP contribution in [0, 0.1) is 20.2 Å². The average Bonchev–Trinajstić information content (AvgIpc) is 2.61. The highest BCUT2D eigenvalue weighted by Gasteiger charge is 2.34. The second-order valence-electron chi connectivity index (χ2n) is 5.25. The lowest BCUT2D eigenvalue weighted by Crippen LogP contribution is -2.25. The highest BCUT2D eigenvalue weighted by atomic mass is 16.6. The van der Waals surface area contributed by atoms with Crippen molar-refractivity contribution in [1.82, 2.24) is 4.73 Å². The molecule has 0 fully saturated rings. The first-order chi connectivity index (χ1) is 12.8. The lowest BCUT2D eigenvalue weighted by Gasteiger charge is -2.11. The van der Waals surface area contributed by atoms with E-state index >= 15 is 0 Å². The molecule has 1 heterocycles. The number of allylic oxidation sites excluding steroid dienone is 3. The van der Waals surface area contributed by atoms with E-state index in [2.05, 4.69) is 10.2 Å². The van der Waals surface area contributed by atoms with Crippen molar-refractivity contribution in [2.75, 3.05) is 0 Å². The molecule has 0 amide bonds. The van der Waals surface area contributed by atoms with Crippen LogP contribution in [0.15, 0.2) is 64.2 Å². The SMILES string of the molecule is O=C1C([N+](=O)[O-])=CC([N+](=O)[O-])=C/C1=N/N=c1\ccc(O)c2n(O)cccc1-2. The highest BCUT2D eigenvalue weighted by Crippen LogP contribution is 2.26. The number of aromatic hydroxyl groups is 1. The first-order valence-corrected chi connectivity index (χ1v) is 7.20. The first kappa shape index (κ1) is 17.5. The summed E-state index contributed by atoms with van der Waals surface area (Å²) < 4.78 is 0.654. The molecule has 0 radical (unpaired) electrons. The lowest BCUT2D eigenvalue weighted by molar-refractivity contribution is -0.430. The van der Waals surface area contributed by atoms with E-state index in [-0.39, 0.29) is 22.4 Å². The van der Waals surface area contributed by atoms with E-state index < -0.39 is 32.7 Å². The van der Waals surface area contributed by atoms with Gasteiger partial charge in [0.25, 0.3) is 11.5 Å². The van der Waals surface area contributed by atoms with Gasteiger partial charge in [-0.25, -0.2) is 0 Å². The van der Waals surface area contributed by atoms with Gasteiger partial charge in [-0.05, 0) is 24.3 Å². The third-order valence-electron chi connectivity index (χ3n) is 3.60. The summed E-state index contributed by atoms with van der Waals surface area (Å²) in [6, 6.07) is 5.51. The van der Waals surface area contributed by atoms with Crippen LogP contribution in [0.1, 0.15) is 0 Å². The van der Waals surface area contributed by atoms with E-state index in [9.17, 15) is 35.3 Å². The van der Waals surface area contributed by atoms with E-state index in [1.807, 2.05) is 0 Å². The second kappa shape index (κ2) is 6.51. The van der Waals surface area contributed by atoms with Crippen LogP contribution >= 0.6 is 0 Å². The molecule has 0 aromatic heterocycles. The van der Waals surface area contributed by atoms with Crippen molar-refractivity contribution in [3.05, 3.63) is 79.6 Å². The molecule has 3 rings (SSSR count). The number of fused-ring (bicyclic) bond motifs is 1. The molecule has 3 aliphatic rings. The van der Waals surface area contributed by atoms with Gasteiger partial charge < -0.3 is 10.3 Å². The fraction of sp³-hybridized carbons (Fsp3) is 0. The molecule has 0 unspecified atom stereocenters. The van der Waals surface area contributed by atoms with Crippen LogP contribution < -0.4 is 5.36 Å². The Morgan fingerprint density at radius 1 is 1.04 bits per heavy atom. The Morgan fingerprint density at radius 2 is 1.78 bits per heavy atom. The summed E-state index contributed by atoms with van der Waals surface area (Å²) in [4.78, 5) is 32.0. The number of carbonyl (C=O) groups excluding carboxylic acids is 1. The number of nitrogens with zero attached hydrogens (tertiary/aromatic N) is 5. The molecule has 0 aromatic rings. The molecule has 2 N–H and O–H groups in total. The Bertz CT molecular complexity index is 1130. The minimum Gasteiger partial charge on any atom is -0.506 e. The quantitative estimate of drug-likeness (QED) is 0.345. The largest absolute Gasteiger partial charge is 0.506 e. The fourth-order valence-electron chi connectivity index (χ4n) is 2.38. The topological polar surface area (TPSA) is 173 Å². The summed E-state index contributed by atoms with van der Waals surface area (Å²) in [5.74, 6) is -1.38. The number of Topliss-reactive ketones (excluding diaryl/α,β-unsaturated/α-hetero) is 1. The zero-order valence-corrected chi connectivity index (χ0v) is 13.2. The number of nitro groups is 2. The molecule has 0 aromatic carbocycles. The Labute approximate surface area is 148 Å². The number of aromatic nitrogens is 1. The van der Waals surface area contributed by atoms with Crippen LogP contribution in [0.2, 0.25) is 0 Å². The Morgan fingerprint density at radius 3 is 2.44 bits per heavy atom. The second-order valence-corrected chi connectivity index (χ2v) is 5.25. The van der Waals surface area contributed by atoms with Crippen molar-refractivity contribution in [3.8, 4) is 17.0 Å². The molecule has 0 saturated heterocycles. The van der Waals surface area contributed by atoms with Crippen molar-refractivity contribution >= 4 is 11.5 Å². The van der Waals surface area contributed by atoms with E-state index in [0.29, 0.717) is 10.8 Å². The fourth-order valence-corrected chi connectivity index (χ4v) is 2.38. The van der Waals surface area contributed by atoms with Crippen LogP contribution in [-0.4, -0.2) is 36.4 Å². The third kappa shape index (κ3) is 3.13. The van der Waals surface area contributed by atoms with Crippen LogP contribution in [0.5, 0.6) is 5.75 Å². The number of phenolic OH excluding ortho intramolecular Hbond substituents is 1. The number of carbonyl (C=O) groups is 1. The van der Waals surface area contributed by atoms with Crippen molar-refractivity contribution in [2.45, 2.75) is 0 Å². The standard InChI is InChI=1S/C15H9N5O7/c21-13-4-3-10(9-2-1-5-18(23)14(9)13)16-17-11-6-8(19(24)25)7-12(15(11)22)20(26)27/h1-7,21,23H/b16-10+,17-11-. The summed E-state index contributed by atoms with van der Waals surface area (Å²) in [5, 5.41) is 49.0. The minimum absolute atomic E-state index is 0.0151. The third-order valence-corrected chi connectivity index (χ3v) is 3.60. The van der Waals surface area contributed by atoms with Gasteiger partial charge in [-0.1, -0.05) is 0 Å². The smallest absolute Gasteiger partial charge is 0.325 e. The molecule has 0 bridgehead atoms. The van der Waals surface area contributed by atoms with Crippen LogP contribution in [0.25, 0.3) is 11.3 Å². The average molecular weight is 371 g/mol. The molecule has 12 nitrogen and oxygen atoms in total. The zero-order chi connectivity index (χ0) is 19.7. The highest BCUT2D eigenvalue weighted by molar-refractivity contribution is 6.49. The van der Waals surface area contributed by atoms with Crippen molar-refractivity contribution in [3.63, 3.8) is 0 Å². The number of phenols is 1. The number of benzene rings is 1. The normalized spacial score (nSPS) is 16.4. The van der Waals surface area contributed by atoms with Gasteiger partial charge in [-0.15, -0.1) is 10.2 Å². The van der Waals surface area contributed by atoms with Gasteiger partial charge in [0.1, 0.15) is 17.2 Å². The number of rotatable bonds is 3. The maximum atomic E-state index is 12.1. The molecule has 12 heteroatoms. The number of hydrogen-bond donors (Lipinski definition) is 2. The summed E-state index contributed by atoms with van der Waals surface area (Å²) >= 11 is 0. The monoisotopic (exact) mass is 371 g/mol. The maximum absolute atomic E-state index is 12.1. The van der Waals surface area contributed by atoms with E-state index in [1.165, 1.54) is 30.5 Å². The molecule has 0 atom stereocenters. The first-order valence-electron chi connectivity index (χ1n) is 7.20. The molecular formula is C15H9N5O7. The van der Waals surface area contributed by atoms with E-state index in [1.54, 1.807) is 0 Å². The molecular weight excluding hydrogens is 362 g/mol. The van der Waals surface area contributed by atoms with Crippen LogP contribution in [0.4, 0.5) is 0 Å².